The molecule has 2 heterocycles. The second-order valence-corrected chi connectivity index (χ2v) is 9.99. The van der Waals surface area contributed by atoms with Crippen LogP contribution in [0.25, 0.3) is 5.69 Å². The molecule has 12 heteroatoms. The van der Waals surface area contributed by atoms with Crippen LogP contribution in [0.2, 0.25) is 5.02 Å². The van der Waals surface area contributed by atoms with Crippen LogP contribution in [0.15, 0.2) is 65.7 Å². The van der Waals surface area contributed by atoms with Crippen LogP contribution < -0.4 is 15.4 Å². The van der Waals surface area contributed by atoms with Gasteiger partial charge in [-0.2, -0.15) is 0 Å². The highest BCUT2D eigenvalue weighted by Gasteiger charge is 2.30. The number of benzene rings is 3. The van der Waals surface area contributed by atoms with Gasteiger partial charge in [0.25, 0.3) is 5.91 Å². The van der Waals surface area contributed by atoms with Crippen molar-refractivity contribution in [3.05, 3.63) is 94.0 Å². The summed E-state index contributed by atoms with van der Waals surface area (Å²) in [5.74, 6) is 0.178. The first-order valence-electron chi connectivity index (χ1n) is 13.4. The zero-order chi connectivity index (χ0) is 29.8. The maximum atomic E-state index is 12.6. The van der Waals surface area contributed by atoms with Crippen LogP contribution in [0.1, 0.15) is 52.5 Å². The van der Waals surface area contributed by atoms with Gasteiger partial charge in [-0.25, -0.2) is 0 Å². The van der Waals surface area contributed by atoms with Gasteiger partial charge in [0.15, 0.2) is 17.3 Å². The van der Waals surface area contributed by atoms with Gasteiger partial charge in [0.05, 0.1) is 29.9 Å². The average molecular weight is 589 g/mol. The van der Waals surface area contributed by atoms with Gasteiger partial charge in [0.2, 0.25) is 5.91 Å². The Morgan fingerprint density at radius 1 is 1.05 bits per heavy atom. The molecule has 4 N–H and O–H groups in total. The largest absolute Gasteiger partial charge is 0.504 e. The standard InChI is InChI=1S/C30H29ClN6O5/c1-3-32-26(39)16-23-29-36-35-17(2)37(29)24-12-11-20(15-22(24)27(34-23)18-7-9-19(31)10-8-18)42-14-13-33-30(41)21-5-4-6-25(38)28(21)40/h4-12,15,23,38,40H,3,13-14,16H2,1-2H3,(H,32,39)(H,33,41)/t23-/m0/s1. The molecule has 5 rings (SSSR count). The number of aromatic hydroxyl groups is 2. The van der Waals surface area contributed by atoms with Gasteiger partial charge in [0.1, 0.15) is 24.2 Å². The Morgan fingerprint density at radius 2 is 1.83 bits per heavy atom. The van der Waals surface area contributed by atoms with E-state index in [0.29, 0.717) is 34.7 Å². The highest BCUT2D eigenvalue weighted by molar-refractivity contribution is 6.30. The molecule has 0 saturated heterocycles. The number of ether oxygens (including phenoxy) is 1. The predicted octanol–water partition coefficient (Wildman–Crippen LogP) is 3.87. The maximum Gasteiger partial charge on any atom is 0.255 e. The fourth-order valence-electron chi connectivity index (χ4n) is 4.73. The number of hydrogen-bond acceptors (Lipinski definition) is 8. The molecule has 0 bridgehead atoms. The maximum absolute atomic E-state index is 12.6. The molecule has 0 aliphatic carbocycles. The molecule has 42 heavy (non-hydrogen) atoms. The quantitative estimate of drug-likeness (QED) is 0.171. The van der Waals surface area contributed by atoms with E-state index in [9.17, 15) is 19.8 Å². The topological polar surface area (TPSA) is 151 Å². The molecule has 0 spiro atoms. The number of phenolic OH excluding ortho intramolecular Hbond substituents is 2. The molecule has 0 unspecified atom stereocenters. The number of rotatable bonds is 9. The minimum absolute atomic E-state index is 0.0360. The van der Waals surface area contributed by atoms with Gasteiger partial charge in [-0.3, -0.25) is 19.1 Å². The number of aryl methyl sites for hydroxylation is 1. The molecule has 1 aliphatic heterocycles. The molecule has 0 saturated carbocycles. The molecule has 11 nitrogen and oxygen atoms in total. The minimum atomic E-state index is -0.593. The van der Waals surface area contributed by atoms with Gasteiger partial charge in [-0.1, -0.05) is 29.8 Å². The van der Waals surface area contributed by atoms with E-state index in [1.54, 1.807) is 18.2 Å². The third kappa shape index (κ3) is 5.91. The Hall–Kier alpha value is -4.90. The van der Waals surface area contributed by atoms with Crippen molar-refractivity contribution in [3.8, 4) is 22.9 Å². The van der Waals surface area contributed by atoms with E-state index < -0.39 is 17.7 Å². The number of aromatic nitrogens is 3. The van der Waals surface area contributed by atoms with Crippen LogP contribution >= 0.6 is 11.6 Å². The molecule has 0 radical (unpaired) electrons. The third-order valence-electron chi connectivity index (χ3n) is 6.68. The van der Waals surface area contributed by atoms with Crippen LogP contribution in [0, 0.1) is 6.92 Å². The molecular weight excluding hydrogens is 560 g/mol. The number of carbonyl (C=O) groups is 2. The van der Waals surface area contributed by atoms with E-state index in [-0.39, 0.29) is 36.8 Å². The Morgan fingerprint density at radius 3 is 2.60 bits per heavy atom. The SMILES string of the molecule is CCNC(=O)C[C@@H]1N=C(c2ccc(Cl)cc2)c2cc(OCCNC(=O)c3cccc(O)c3O)ccc2-n2c(C)nnc21. The van der Waals surface area contributed by atoms with Crippen molar-refractivity contribution in [1.29, 1.82) is 0 Å². The summed E-state index contributed by atoms with van der Waals surface area (Å²) >= 11 is 6.17. The number of fused-ring (bicyclic) bond motifs is 3. The number of nitrogens with one attached hydrogen (secondary N) is 2. The van der Waals surface area contributed by atoms with Crippen LogP contribution in [0.4, 0.5) is 0 Å². The second-order valence-electron chi connectivity index (χ2n) is 9.56. The Bertz CT molecular complexity index is 1670. The van der Waals surface area contributed by atoms with Crippen LogP contribution in [0.3, 0.4) is 0 Å². The molecule has 0 fully saturated rings. The number of carbonyl (C=O) groups excluding carboxylic acids is 2. The van der Waals surface area contributed by atoms with E-state index >= 15 is 0 Å². The van der Waals surface area contributed by atoms with Crippen molar-refractivity contribution in [2.24, 2.45) is 4.99 Å². The lowest BCUT2D eigenvalue weighted by Crippen LogP contribution is -2.28. The van der Waals surface area contributed by atoms with E-state index in [2.05, 4.69) is 20.8 Å². The Balaban J connectivity index is 1.45. The van der Waals surface area contributed by atoms with Crippen molar-refractivity contribution in [2.75, 3.05) is 19.7 Å². The van der Waals surface area contributed by atoms with E-state index in [1.807, 2.05) is 42.7 Å². The monoisotopic (exact) mass is 588 g/mol. The summed E-state index contributed by atoms with van der Waals surface area (Å²) in [5, 5.41) is 34.4. The Labute approximate surface area is 246 Å². The molecule has 3 aromatic carbocycles. The van der Waals surface area contributed by atoms with E-state index in [1.165, 1.54) is 18.2 Å². The fraction of sp³-hybridized carbons (Fsp3) is 0.233. The summed E-state index contributed by atoms with van der Waals surface area (Å²) in [6.45, 7) is 4.48. The van der Waals surface area contributed by atoms with Gasteiger partial charge >= 0.3 is 0 Å². The highest BCUT2D eigenvalue weighted by atomic mass is 35.5. The first kappa shape index (κ1) is 28.6. The zero-order valence-corrected chi connectivity index (χ0v) is 23.7. The number of phenols is 2. The van der Waals surface area contributed by atoms with Crippen molar-refractivity contribution in [2.45, 2.75) is 26.3 Å². The molecule has 216 valence electrons. The molecule has 1 aromatic heterocycles. The number of amides is 2. The molecule has 1 aliphatic rings. The van der Waals surface area contributed by atoms with E-state index in [0.717, 1.165) is 16.8 Å². The first-order valence-corrected chi connectivity index (χ1v) is 13.7. The molecular formula is C30H29ClN6O5. The second kappa shape index (κ2) is 12.3. The fourth-order valence-corrected chi connectivity index (χ4v) is 4.85. The number of halogens is 1. The number of para-hydroxylation sites is 1. The third-order valence-corrected chi connectivity index (χ3v) is 6.93. The minimum Gasteiger partial charge on any atom is -0.504 e. The summed E-state index contributed by atoms with van der Waals surface area (Å²) in [7, 11) is 0. The number of hydrogen-bond donors (Lipinski definition) is 4. The summed E-state index contributed by atoms with van der Waals surface area (Å²) in [6, 6.07) is 16.4. The van der Waals surface area contributed by atoms with Gasteiger partial charge in [0, 0.05) is 22.7 Å². The van der Waals surface area contributed by atoms with Crippen molar-refractivity contribution in [3.63, 3.8) is 0 Å². The van der Waals surface area contributed by atoms with Crippen LogP contribution in [0.5, 0.6) is 17.2 Å². The molecule has 2 amide bonds. The smallest absolute Gasteiger partial charge is 0.255 e. The van der Waals surface area contributed by atoms with Crippen molar-refractivity contribution in [1.82, 2.24) is 25.4 Å². The summed E-state index contributed by atoms with van der Waals surface area (Å²) in [5.41, 5.74) is 2.92. The first-order chi connectivity index (χ1) is 20.3. The summed E-state index contributed by atoms with van der Waals surface area (Å²) in [4.78, 5) is 30.1. The molecule has 1 atom stereocenters. The average Bonchev–Trinajstić information content (AvgIpc) is 3.30. The molecule has 4 aromatic rings. The zero-order valence-electron chi connectivity index (χ0n) is 23.0. The lowest BCUT2D eigenvalue weighted by molar-refractivity contribution is -0.121. The van der Waals surface area contributed by atoms with Crippen LogP contribution in [-0.2, 0) is 4.79 Å². The van der Waals surface area contributed by atoms with Crippen LogP contribution in [-0.4, -0.2) is 62.2 Å². The van der Waals surface area contributed by atoms with Gasteiger partial charge in [-0.05, 0) is 56.3 Å². The number of aliphatic imine (C=N–C) groups is 1. The Kier molecular flexibility index (Phi) is 8.39. The highest BCUT2D eigenvalue weighted by Crippen LogP contribution is 2.34. The van der Waals surface area contributed by atoms with Crippen molar-refractivity contribution >= 4 is 29.1 Å². The normalized spacial score (nSPS) is 13.8. The summed E-state index contributed by atoms with van der Waals surface area (Å²) < 4.78 is 7.87. The summed E-state index contributed by atoms with van der Waals surface area (Å²) in [6.07, 6.45) is 0.0921. The predicted molar refractivity (Wildman–Crippen MR) is 157 cm³/mol. The lowest BCUT2D eigenvalue weighted by Gasteiger charge is -2.15. The lowest BCUT2D eigenvalue weighted by atomic mass is 10.00. The number of nitrogens with zero attached hydrogens (tertiary/aromatic N) is 4. The van der Waals surface area contributed by atoms with Gasteiger partial charge < -0.3 is 25.6 Å². The van der Waals surface area contributed by atoms with Crippen molar-refractivity contribution < 1.29 is 24.5 Å². The van der Waals surface area contributed by atoms with Gasteiger partial charge in [-0.15, -0.1) is 10.2 Å². The van der Waals surface area contributed by atoms with E-state index in [4.69, 9.17) is 21.3 Å².